The molecule has 11 atom stereocenters. The molecule has 0 radical (unpaired) electrons. The summed E-state index contributed by atoms with van der Waals surface area (Å²) in [6.07, 6.45) is -2.48. The van der Waals surface area contributed by atoms with E-state index in [1.807, 2.05) is 5.32 Å². The number of hydrogen-bond donors (Lipinski definition) is 15. The van der Waals surface area contributed by atoms with Crippen LogP contribution in [0, 0.1) is 17.8 Å². The van der Waals surface area contributed by atoms with Gasteiger partial charge in [-0.1, -0.05) is 66.5 Å². The Bertz CT molecular complexity index is 2730. The zero-order valence-corrected chi connectivity index (χ0v) is 49.0. The first kappa shape index (κ1) is 72.0. The van der Waals surface area contributed by atoms with E-state index in [1.165, 1.54) is 63.4 Å². The van der Waals surface area contributed by atoms with Gasteiger partial charge in [-0.05, 0) is 67.9 Å². The van der Waals surface area contributed by atoms with Gasteiger partial charge in [0.15, 0.2) is 0 Å². The van der Waals surface area contributed by atoms with E-state index >= 15 is 0 Å². The van der Waals surface area contributed by atoms with Crippen molar-refractivity contribution < 1.29 is 87.5 Å². The van der Waals surface area contributed by atoms with Crippen LogP contribution in [-0.2, 0) is 75.3 Å². The number of aromatic hydroxyl groups is 2. The van der Waals surface area contributed by atoms with Gasteiger partial charge in [-0.3, -0.25) is 62.3 Å². The Morgan fingerprint density at radius 2 is 1.08 bits per heavy atom. The van der Waals surface area contributed by atoms with E-state index in [0.717, 1.165) is 4.90 Å². The lowest BCUT2D eigenvalue weighted by Gasteiger charge is -2.34. The number of nitrogens with zero attached hydrogens (tertiary/aromatic N) is 1. The molecule has 0 aliphatic carbocycles. The van der Waals surface area contributed by atoms with Crippen molar-refractivity contribution >= 4 is 76.9 Å². The van der Waals surface area contributed by atoms with Crippen molar-refractivity contribution in [2.45, 2.75) is 161 Å². The lowest BCUT2D eigenvalue weighted by Crippen LogP contribution is -2.62. The SMILES string of the molecule is CC[C@H](C)[C@H](NC(=O)[C@H](Cc1ccc(O)cc1)NC(=O)[C@H](CC(=O)O)NC(=O)[C@@H](NC(=O)[C@H](C)N(Cc1ccc(OC)cc1O)C(=O)[C@H](C)NC(=O)[C@H](CCC(N)=O)NC(=O)[C@@H](N)C(C)C)[C@@H](C)CC)C(=O)N[C@@H](CC(N)=O)C(=O)NCC(=O)O. The van der Waals surface area contributed by atoms with Crippen LogP contribution >= 0.6 is 0 Å². The summed E-state index contributed by atoms with van der Waals surface area (Å²) in [7, 11) is 1.34. The van der Waals surface area contributed by atoms with Crippen LogP contribution in [0.2, 0.25) is 0 Å². The van der Waals surface area contributed by atoms with Gasteiger partial charge in [-0.25, -0.2) is 0 Å². The Labute approximate surface area is 491 Å². The number of aliphatic carboxylic acids is 2. The first-order chi connectivity index (χ1) is 39.7. The van der Waals surface area contributed by atoms with Crippen LogP contribution < -0.4 is 64.5 Å². The van der Waals surface area contributed by atoms with Gasteiger partial charge in [0.2, 0.25) is 65.0 Å². The van der Waals surface area contributed by atoms with Crippen molar-refractivity contribution in [2.75, 3.05) is 13.7 Å². The fraction of sp³-hybridized carbons (Fsp3) is 0.545. The van der Waals surface area contributed by atoms with Gasteiger partial charge < -0.3 is 89.8 Å². The molecule has 2 rings (SSSR count). The standard InChI is InChI=1S/C55H82N12O18/c1-10-27(5)45(65-47(76)30(8)67(25-32-14-17-34(85-9)21-39(32)69)55(84)29(7)60-49(78)35(18-19-40(56)70)61-52(81)44(58)26(3)4)53(82)64-38(23-42(72)73)50(79)62-36(20-31-12-15-33(68)16-13-31)51(80)66-46(28(6)11-2)54(83)63-37(22-41(57)71)48(77)59-24-43(74)75/h12-17,21,26-30,35-38,44-46,68-69H,10-11,18-20,22-25,58H2,1-9H3,(H2,56,70)(H2,57,71)(H,59,77)(H,60,78)(H,61,81)(H,62,79)(H,63,83)(H,64,82)(H,65,76)(H,66,80)(H,72,73)(H,74,75)/t27-,28-,29-,30-,35-,36-,37-,38-,44-,45-,46-/m0/s1. The molecule has 0 heterocycles. The number of carboxylic acids is 2. The highest BCUT2D eigenvalue weighted by molar-refractivity contribution is 6.00. The molecular formula is C55H82N12O18. The number of methoxy groups -OCH3 is 1. The number of carbonyl (C=O) groups is 13. The number of phenols is 2. The van der Waals surface area contributed by atoms with E-state index in [2.05, 4.69) is 37.2 Å². The van der Waals surface area contributed by atoms with Crippen molar-refractivity contribution in [3.05, 3.63) is 53.6 Å². The molecule has 30 heteroatoms. The predicted octanol–water partition coefficient (Wildman–Crippen LogP) is -2.63. The maximum atomic E-state index is 14.5. The molecule has 85 heavy (non-hydrogen) atoms. The zero-order chi connectivity index (χ0) is 64.6. The number of ether oxygens (including phenoxy) is 1. The highest BCUT2D eigenvalue weighted by Crippen LogP contribution is 2.26. The highest BCUT2D eigenvalue weighted by Gasteiger charge is 2.39. The van der Waals surface area contributed by atoms with Crippen LogP contribution in [0.15, 0.2) is 42.5 Å². The Morgan fingerprint density at radius 1 is 0.576 bits per heavy atom. The average Bonchev–Trinajstić information content (AvgIpc) is 2.99. The Morgan fingerprint density at radius 3 is 1.56 bits per heavy atom. The molecular weight excluding hydrogens is 1120 g/mol. The molecule has 0 fully saturated rings. The third-order valence-corrected chi connectivity index (χ3v) is 13.9. The fourth-order valence-electron chi connectivity index (χ4n) is 8.17. The molecule has 0 aliphatic rings. The maximum Gasteiger partial charge on any atom is 0.322 e. The number of carbonyl (C=O) groups excluding carboxylic acids is 11. The molecule has 0 unspecified atom stereocenters. The minimum Gasteiger partial charge on any atom is -0.508 e. The number of primary amides is 2. The summed E-state index contributed by atoms with van der Waals surface area (Å²) < 4.78 is 5.18. The molecule has 0 bridgehead atoms. The molecule has 0 spiro atoms. The third kappa shape index (κ3) is 23.6. The Kier molecular flexibility index (Phi) is 29.2. The molecule has 0 saturated carbocycles. The van der Waals surface area contributed by atoms with E-state index < -0.39 is 169 Å². The van der Waals surface area contributed by atoms with Crippen LogP contribution in [0.4, 0.5) is 0 Å². The van der Waals surface area contributed by atoms with Gasteiger partial charge in [0.25, 0.3) is 0 Å². The number of carboxylic acid groups (broad SMARTS) is 2. The summed E-state index contributed by atoms with van der Waals surface area (Å²) >= 11 is 0. The van der Waals surface area contributed by atoms with E-state index in [9.17, 15) is 77.6 Å². The monoisotopic (exact) mass is 1200 g/mol. The summed E-state index contributed by atoms with van der Waals surface area (Å²) in [5, 5.41) is 59.2. The predicted molar refractivity (Wildman–Crippen MR) is 303 cm³/mol. The largest absolute Gasteiger partial charge is 0.508 e. The maximum absolute atomic E-state index is 14.5. The molecule has 0 saturated heterocycles. The third-order valence-electron chi connectivity index (χ3n) is 13.9. The van der Waals surface area contributed by atoms with E-state index in [4.69, 9.17) is 27.0 Å². The molecule has 18 N–H and O–H groups in total. The van der Waals surface area contributed by atoms with Crippen LogP contribution in [0.5, 0.6) is 17.2 Å². The number of benzene rings is 2. The first-order valence-electron chi connectivity index (χ1n) is 27.4. The van der Waals surface area contributed by atoms with E-state index in [0.29, 0.717) is 5.56 Å². The van der Waals surface area contributed by atoms with Crippen molar-refractivity contribution in [1.82, 2.24) is 47.4 Å². The molecule has 2 aromatic carbocycles. The number of amides is 11. The lowest BCUT2D eigenvalue weighted by molar-refractivity contribution is -0.144. The second kappa shape index (κ2) is 34.5. The summed E-state index contributed by atoms with van der Waals surface area (Å²) in [6.45, 7) is 10.9. The second-order valence-corrected chi connectivity index (χ2v) is 20.9. The van der Waals surface area contributed by atoms with Gasteiger partial charge in [-0.15, -0.1) is 0 Å². The molecule has 0 aliphatic heterocycles. The minimum atomic E-state index is -1.98. The number of hydrogen-bond acceptors (Lipinski definition) is 17. The molecule has 0 aromatic heterocycles. The van der Waals surface area contributed by atoms with Crippen molar-refractivity contribution in [3.8, 4) is 17.2 Å². The van der Waals surface area contributed by atoms with Crippen molar-refractivity contribution in [2.24, 2.45) is 35.0 Å². The molecule has 2 aromatic rings. The Balaban J connectivity index is 2.60. The topological polar surface area (TPSA) is 490 Å². The van der Waals surface area contributed by atoms with Crippen molar-refractivity contribution in [1.29, 1.82) is 0 Å². The molecule has 470 valence electrons. The average molecular weight is 1200 g/mol. The van der Waals surface area contributed by atoms with Gasteiger partial charge in [0.05, 0.1) is 32.5 Å². The quantitative estimate of drug-likeness (QED) is 0.0332. The molecule has 11 amide bonds. The zero-order valence-electron chi connectivity index (χ0n) is 49.0. The smallest absolute Gasteiger partial charge is 0.322 e. The number of nitrogens with one attached hydrogen (secondary N) is 8. The normalized spacial score (nSPS) is 14.9. The fourth-order valence-corrected chi connectivity index (χ4v) is 8.17. The summed E-state index contributed by atoms with van der Waals surface area (Å²) in [4.78, 5) is 173. The minimum absolute atomic E-state index is 0.0873. The number of phenolic OH excluding ortho intramolecular Hbond substituents is 2. The number of nitrogens with two attached hydrogens (primary N) is 3. The van der Waals surface area contributed by atoms with Crippen molar-refractivity contribution in [3.63, 3.8) is 0 Å². The summed E-state index contributed by atoms with van der Waals surface area (Å²) in [5.74, 6) is -16.2. The van der Waals surface area contributed by atoms with Gasteiger partial charge in [-0.2, -0.15) is 0 Å². The first-order valence-corrected chi connectivity index (χ1v) is 27.4. The van der Waals surface area contributed by atoms with E-state index in [1.54, 1.807) is 41.5 Å². The van der Waals surface area contributed by atoms with Crippen LogP contribution in [0.1, 0.15) is 105 Å². The molecule has 30 nitrogen and oxygen atoms in total. The van der Waals surface area contributed by atoms with Crippen LogP contribution in [0.3, 0.4) is 0 Å². The summed E-state index contributed by atoms with van der Waals surface area (Å²) in [6, 6.07) is -4.51. The van der Waals surface area contributed by atoms with Crippen LogP contribution in [0.25, 0.3) is 0 Å². The highest BCUT2D eigenvalue weighted by atomic mass is 16.5. The van der Waals surface area contributed by atoms with Gasteiger partial charge in [0, 0.05) is 24.5 Å². The Hall–Kier alpha value is -9.09. The van der Waals surface area contributed by atoms with Gasteiger partial charge in [0.1, 0.15) is 72.1 Å². The second-order valence-electron chi connectivity index (χ2n) is 20.9. The van der Waals surface area contributed by atoms with E-state index in [-0.39, 0.29) is 60.8 Å². The summed E-state index contributed by atoms with van der Waals surface area (Å²) in [5.41, 5.74) is 17.0. The van der Waals surface area contributed by atoms with Crippen LogP contribution in [-0.4, -0.2) is 170 Å². The number of rotatable bonds is 36. The van der Waals surface area contributed by atoms with Gasteiger partial charge >= 0.3 is 11.9 Å². The lowest BCUT2D eigenvalue weighted by atomic mass is 9.96.